The fraction of sp³-hybridized carbons (Fsp3) is 0.238. The second-order valence-electron chi connectivity index (χ2n) is 6.55. The summed E-state index contributed by atoms with van der Waals surface area (Å²) in [6.45, 7) is 1.94. The molecule has 3 aromatic rings. The first-order chi connectivity index (χ1) is 13.5. The van der Waals surface area contributed by atoms with Gasteiger partial charge in [-0.05, 0) is 42.3 Å². The molecule has 0 spiro atoms. The van der Waals surface area contributed by atoms with Gasteiger partial charge in [-0.3, -0.25) is 0 Å². The van der Waals surface area contributed by atoms with Gasteiger partial charge >= 0.3 is 5.97 Å². The summed E-state index contributed by atoms with van der Waals surface area (Å²) in [6, 6.07) is 9.53. The van der Waals surface area contributed by atoms with Crippen molar-refractivity contribution < 1.29 is 19.0 Å². The molecule has 7 heteroatoms. The van der Waals surface area contributed by atoms with Gasteiger partial charge in [-0.1, -0.05) is 17.7 Å². The van der Waals surface area contributed by atoms with Crippen LogP contribution in [0.15, 0.2) is 30.3 Å². The summed E-state index contributed by atoms with van der Waals surface area (Å²) in [5, 5.41) is 5.18. The van der Waals surface area contributed by atoms with Crippen LogP contribution in [-0.2, 0) is 11.2 Å². The van der Waals surface area contributed by atoms with Crippen molar-refractivity contribution in [2.45, 2.75) is 13.3 Å². The Kier molecular flexibility index (Phi) is 4.51. The molecule has 0 saturated heterocycles. The minimum absolute atomic E-state index is 0.295. The maximum atomic E-state index is 12.4. The fourth-order valence-corrected chi connectivity index (χ4v) is 3.71. The number of hydrogen-bond donors (Lipinski definition) is 0. The predicted octanol–water partition coefficient (Wildman–Crippen LogP) is 4.21. The molecule has 28 heavy (non-hydrogen) atoms. The lowest BCUT2D eigenvalue weighted by Crippen LogP contribution is -2.07. The number of fused-ring (bicyclic) bond motifs is 3. The highest BCUT2D eigenvalue weighted by Crippen LogP contribution is 2.45. The molecule has 2 aromatic carbocycles. The molecule has 0 unspecified atom stereocenters. The van der Waals surface area contributed by atoms with Crippen LogP contribution in [0.5, 0.6) is 11.5 Å². The van der Waals surface area contributed by atoms with Crippen molar-refractivity contribution in [2.24, 2.45) is 0 Å². The number of benzene rings is 2. The lowest BCUT2D eigenvalue weighted by atomic mass is 10.1. The van der Waals surface area contributed by atoms with Crippen LogP contribution in [0.3, 0.4) is 0 Å². The lowest BCUT2D eigenvalue weighted by molar-refractivity contribution is 0.0592. The highest BCUT2D eigenvalue weighted by molar-refractivity contribution is 6.31. The molecule has 1 aliphatic rings. The van der Waals surface area contributed by atoms with Crippen molar-refractivity contribution in [1.29, 1.82) is 0 Å². The number of hydrogen-bond acceptors (Lipinski definition) is 5. The smallest absolute Gasteiger partial charge is 0.358 e. The van der Waals surface area contributed by atoms with Gasteiger partial charge in [0.25, 0.3) is 0 Å². The van der Waals surface area contributed by atoms with E-state index in [0.717, 1.165) is 33.6 Å². The van der Waals surface area contributed by atoms with Gasteiger partial charge in [0.1, 0.15) is 0 Å². The minimum Gasteiger partial charge on any atom is -0.493 e. The molecule has 1 heterocycles. The molecule has 6 nitrogen and oxygen atoms in total. The van der Waals surface area contributed by atoms with Crippen molar-refractivity contribution in [1.82, 2.24) is 9.78 Å². The van der Waals surface area contributed by atoms with Gasteiger partial charge in [0, 0.05) is 22.6 Å². The predicted molar refractivity (Wildman–Crippen MR) is 106 cm³/mol. The molecule has 144 valence electrons. The average Bonchev–Trinajstić information content (AvgIpc) is 3.25. The number of rotatable bonds is 4. The Balaban J connectivity index is 1.98. The van der Waals surface area contributed by atoms with Crippen molar-refractivity contribution in [3.63, 3.8) is 0 Å². The number of carbonyl (C=O) groups is 1. The number of aryl methyl sites for hydroxylation is 1. The lowest BCUT2D eigenvalue weighted by Gasteiger charge is -2.12. The third kappa shape index (κ3) is 2.72. The summed E-state index contributed by atoms with van der Waals surface area (Å²) in [5.74, 6) is 0.785. The monoisotopic (exact) mass is 398 g/mol. The first-order valence-electron chi connectivity index (χ1n) is 8.70. The molecule has 0 radical (unpaired) electrons. The van der Waals surface area contributed by atoms with E-state index in [4.69, 9.17) is 25.8 Å². The first-order valence-corrected chi connectivity index (χ1v) is 9.08. The Morgan fingerprint density at radius 2 is 1.82 bits per heavy atom. The third-order valence-corrected chi connectivity index (χ3v) is 5.40. The molecule has 0 atom stereocenters. The van der Waals surface area contributed by atoms with E-state index in [-0.39, 0.29) is 0 Å². The standard InChI is InChI=1S/C21H19ClN2O4/c1-11-5-6-13(9-16(11)22)24-20-14-10-18(27-3)17(26-2)8-12(14)7-15(20)19(23-24)21(25)28-4/h5-6,8-10H,7H2,1-4H3. The maximum Gasteiger partial charge on any atom is 0.358 e. The summed E-state index contributed by atoms with van der Waals surface area (Å²) in [5.41, 5.74) is 5.64. The van der Waals surface area contributed by atoms with Crippen molar-refractivity contribution in [3.8, 4) is 28.4 Å². The SMILES string of the molecule is COC(=O)c1nn(-c2ccc(C)c(Cl)c2)c2c1Cc1cc(OC)c(OC)cc1-2. The number of halogens is 1. The summed E-state index contributed by atoms with van der Waals surface area (Å²) < 4.78 is 17.6. The van der Waals surface area contributed by atoms with Gasteiger partial charge in [0.05, 0.1) is 32.7 Å². The molecule has 0 fully saturated rings. The summed E-state index contributed by atoms with van der Waals surface area (Å²) in [7, 11) is 4.55. The molecule has 0 N–H and O–H groups in total. The number of ether oxygens (including phenoxy) is 3. The molecule has 4 rings (SSSR count). The summed E-state index contributed by atoms with van der Waals surface area (Å²) in [6.07, 6.45) is 0.551. The average molecular weight is 399 g/mol. The number of aromatic nitrogens is 2. The Bertz CT molecular complexity index is 1100. The van der Waals surface area contributed by atoms with Crippen molar-refractivity contribution in [3.05, 3.63) is 57.7 Å². The Hall–Kier alpha value is -2.99. The third-order valence-electron chi connectivity index (χ3n) is 4.99. The highest BCUT2D eigenvalue weighted by Gasteiger charge is 2.32. The van der Waals surface area contributed by atoms with E-state index in [9.17, 15) is 4.79 Å². The van der Waals surface area contributed by atoms with Crippen LogP contribution in [0.4, 0.5) is 0 Å². The Morgan fingerprint density at radius 1 is 1.11 bits per heavy atom. The zero-order valence-electron chi connectivity index (χ0n) is 16.0. The minimum atomic E-state index is -0.472. The Morgan fingerprint density at radius 3 is 2.46 bits per heavy atom. The van der Waals surface area contributed by atoms with Crippen LogP contribution >= 0.6 is 11.6 Å². The van der Waals surface area contributed by atoms with Gasteiger partial charge in [0.2, 0.25) is 0 Å². The van der Waals surface area contributed by atoms with Crippen LogP contribution in [0.1, 0.15) is 27.2 Å². The quantitative estimate of drug-likeness (QED) is 0.482. The van der Waals surface area contributed by atoms with Crippen LogP contribution in [0.2, 0.25) is 5.02 Å². The number of carbonyl (C=O) groups excluding carboxylic acids is 1. The van der Waals surface area contributed by atoms with Crippen LogP contribution in [-0.4, -0.2) is 37.1 Å². The van der Waals surface area contributed by atoms with Crippen LogP contribution < -0.4 is 9.47 Å². The van der Waals surface area contributed by atoms with E-state index in [2.05, 4.69) is 5.10 Å². The second-order valence-corrected chi connectivity index (χ2v) is 6.96. The summed E-state index contributed by atoms with van der Waals surface area (Å²) in [4.78, 5) is 12.4. The van der Waals surface area contributed by atoms with E-state index < -0.39 is 5.97 Å². The highest BCUT2D eigenvalue weighted by atomic mass is 35.5. The van der Waals surface area contributed by atoms with E-state index in [1.54, 1.807) is 18.9 Å². The van der Waals surface area contributed by atoms with Gasteiger partial charge in [-0.25, -0.2) is 9.48 Å². The van der Waals surface area contributed by atoms with Gasteiger partial charge < -0.3 is 14.2 Å². The van der Waals surface area contributed by atoms with E-state index in [1.165, 1.54) is 7.11 Å². The molecule has 1 aliphatic carbocycles. The topological polar surface area (TPSA) is 62.6 Å². The van der Waals surface area contributed by atoms with Crippen LogP contribution in [0.25, 0.3) is 16.9 Å². The van der Waals surface area contributed by atoms with Gasteiger partial charge in [0.15, 0.2) is 17.2 Å². The second kappa shape index (κ2) is 6.87. The maximum absolute atomic E-state index is 12.4. The molecule has 0 saturated carbocycles. The number of methoxy groups -OCH3 is 3. The van der Waals surface area contributed by atoms with Gasteiger partial charge in [-0.15, -0.1) is 0 Å². The largest absolute Gasteiger partial charge is 0.493 e. The number of nitrogens with zero attached hydrogens (tertiary/aromatic N) is 2. The van der Waals surface area contributed by atoms with Crippen LogP contribution in [0, 0.1) is 6.92 Å². The summed E-state index contributed by atoms with van der Waals surface area (Å²) >= 11 is 6.33. The first kappa shape index (κ1) is 18.4. The van der Waals surface area contributed by atoms with E-state index in [0.29, 0.717) is 28.6 Å². The van der Waals surface area contributed by atoms with Gasteiger partial charge in [-0.2, -0.15) is 5.10 Å². The zero-order chi connectivity index (χ0) is 20.0. The molecule has 0 aliphatic heterocycles. The fourth-order valence-electron chi connectivity index (χ4n) is 3.53. The molecular formula is C21H19ClN2O4. The molecular weight excluding hydrogens is 380 g/mol. The van der Waals surface area contributed by atoms with Crippen molar-refractivity contribution in [2.75, 3.05) is 21.3 Å². The normalized spacial score (nSPS) is 11.8. The molecule has 0 amide bonds. The molecule has 0 bridgehead atoms. The van der Waals surface area contributed by atoms with E-state index >= 15 is 0 Å². The molecule has 1 aromatic heterocycles. The number of esters is 1. The zero-order valence-corrected chi connectivity index (χ0v) is 16.8. The van der Waals surface area contributed by atoms with E-state index in [1.807, 2.05) is 37.3 Å². The van der Waals surface area contributed by atoms with Crippen molar-refractivity contribution >= 4 is 17.6 Å². The Labute approximate surface area is 167 Å².